The Kier molecular flexibility index (Phi) is 6.18. The van der Waals surface area contributed by atoms with E-state index in [1.54, 1.807) is 0 Å². The molecule has 0 amide bonds. The molecular weight excluding hydrogens is 677 g/mol. The highest BCUT2D eigenvalue weighted by Crippen LogP contribution is 2.55. The quantitative estimate of drug-likeness (QED) is 0.183. The fourth-order valence-corrected chi connectivity index (χ4v) is 9.83. The summed E-state index contributed by atoms with van der Waals surface area (Å²) in [5.41, 5.74) is 11.2. The monoisotopic (exact) mass is 704 g/mol. The van der Waals surface area contributed by atoms with Gasteiger partial charge in [0.2, 0.25) is 0 Å². The van der Waals surface area contributed by atoms with Crippen molar-refractivity contribution in [2.24, 2.45) is 0 Å². The number of nitrogens with zero attached hydrogens (tertiary/aromatic N) is 4. The number of thiophene rings is 1. The number of benzene rings is 8. The molecule has 54 heavy (non-hydrogen) atoms. The van der Waals surface area contributed by atoms with Crippen LogP contribution in [0.1, 0.15) is 0 Å². The predicted molar refractivity (Wildman–Crippen MR) is 225 cm³/mol. The van der Waals surface area contributed by atoms with Crippen LogP contribution in [0.5, 0.6) is 0 Å². The summed E-state index contributed by atoms with van der Waals surface area (Å²) in [5.74, 6) is 1.97. The third-order valence-electron chi connectivity index (χ3n) is 11.0. The van der Waals surface area contributed by atoms with Crippen molar-refractivity contribution in [1.29, 1.82) is 0 Å². The van der Waals surface area contributed by atoms with E-state index >= 15 is 0 Å². The molecule has 3 heterocycles. The molecule has 1 aliphatic carbocycles. The first-order valence-electron chi connectivity index (χ1n) is 18.2. The Morgan fingerprint density at radius 3 is 1.89 bits per heavy atom. The lowest BCUT2D eigenvalue weighted by atomic mass is 9.93. The lowest BCUT2D eigenvalue weighted by Gasteiger charge is -2.15. The fraction of sp³-hybridized carbons (Fsp3) is 0. The van der Waals surface area contributed by atoms with Gasteiger partial charge in [-0.3, -0.25) is 0 Å². The number of fused-ring (bicyclic) bond motifs is 9. The third-order valence-corrected chi connectivity index (χ3v) is 12.1. The van der Waals surface area contributed by atoms with Gasteiger partial charge < -0.3 is 4.57 Å². The average Bonchev–Trinajstić information content (AvgIpc) is 3.89. The summed E-state index contributed by atoms with van der Waals surface area (Å²) in [5, 5.41) is 7.34. The van der Waals surface area contributed by atoms with Crippen molar-refractivity contribution in [2.75, 3.05) is 0 Å². The highest BCUT2D eigenvalue weighted by atomic mass is 32.1. The second-order valence-electron chi connectivity index (χ2n) is 13.9. The van der Waals surface area contributed by atoms with Crippen LogP contribution in [0.4, 0.5) is 0 Å². The van der Waals surface area contributed by atoms with Gasteiger partial charge in [-0.15, -0.1) is 11.3 Å². The van der Waals surface area contributed by atoms with Crippen molar-refractivity contribution in [2.45, 2.75) is 0 Å². The molecule has 0 bridgehead atoms. The number of aromatic nitrogens is 4. The van der Waals surface area contributed by atoms with Crippen LogP contribution in [0.25, 0.3) is 115 Å². The van der Waals surface area contributed by atoms with Crippen LogP contribution in [0.2, 0.25) is 0 Å². The Balaban J connectivity index is 1.19. The van der Waals surface area contributed by atoms with Crippen LogP contribution in [0.15, 0.2) is 170 Å². The van der Waals surface area contributed by atoms with E-state index in [1.807, 2.05) is 29.5 Å². The Morgan fingerprint density at radius 2 is 1.06 bits per heavy atom. The van der Waals surface area contributed by atoms with Crippen molar-refractivity contribution >= 4 is 64.1 Å². The molecule has 8 aromatic carbocycles. The maximum atomic E-state index is 5.48. The molecule has 0 fully saturated rings. The number of rotatable bonds is 4. The standard InChI is InChI=1S/C49H28N4S/c1-3-13-30(14-4-1)47-50-48(31-25-26-34-33-19-7-9-23-39(33)53(40(34)27-31)32-17-5-2-6-18-32)52-49(51-47)46-44-37-22-12-16-29-15-11-21-35(43(29)37)38(44)28-42-45(46)36-20-8-10-24-41(36)54-42/h1-28H. The SMILES string of the molecule is c1ccc(-c2nc(-c3ccc4c5ccccc5n(-c5ccccc5)c4c3)nc(-c3c4c(cc5sc6ccccc6c35)-c3cccc5cccc-4c35)n2)cc1. The summed E-state index contributed by atoms with van der Waals surface area (Å²) in [4.78, 5) is 16.1. The number of hydrogen-bond donors (Lipinski definition) is 0. The molecule has 11 aromatic rings. The molecule has 4 nitrogen and oxygen atoms in total. The first-order chi connectivity index (χ1) is 26.8. The highest BCUT2D eigenvalue weighted by Gasteiger charge is 2.30. The summed E-state index contributed by atoms with van der Waals surface area (Å²) >= 11 is 1.83. The fourth-order valence-electron chi connectivity index (χ4n) is 8.67. The zero-order valence-corrected chi connectivity index (χ0v) is 29.7. The average molecular weight is 705 g/mol. The van der Waals surface area contributed by atoms with Gasteiger partial charge in [-0.05, 0) is 63.9 Å². The van der Waals surface area contributed by atoms with Crippen LogP contribution < -0.4 is 0 Å². The van der Waals surface area contributed by atoms with Crippen LogP contribution in [-0.2, 0) is 0 Å². The largest absolute Gasteiger partial charge is 0.309 e. The smallest absolute Gasteiger partial charge is 0.165 e. The van der Waals surface area contributed by atoms with Crippen LogP contribution in [-0.4, -0.2) is 19.5 Å². The zero-order valence-electron chi connectivity index (χ0n) is 28.9. The number of para-hydroxylation sites is 2. The van der Waals surface area contributed by atoms with Crippen molar-refractivity contribution in [1.82, 2.24) is 19.5 Å². The normalized spacial score (nSPS) is 12.1. The summed E-state index contributed by atoms with van der Waals surface area (Å²) in [7, 11) is 0. The maximum absolute atomic E-state index is 5.48. The molecule has 0 aliphatic heterocycles. The summed E-state index contributed by atoms with van der Waals surface area (Å²) in [6.07, 6.45) is 0. The van der Waals surface area contributed by atoms with Crippen LogP contribution in [0, 0.1) is 0 Å². The van der Waals surface area contributed by atoms with E-state index in [0.29, 0.717) is 17.5 Å². The van der Waals surface area contributed by atoms with E-state index < -0.39 is 0 Å². The summed E-state index contributed by atoms with van der Waals surface area (Å²) in [6.45, 7) is 0. The molecule has 1 aliphatic rings. The van der Waals surface area contributed by atoms with Gasteiger partial charge in [0, 0.05) is 58.9 Å². The number of hydrogen-bond acceptors (Lipinski definition) is 4. The minimum Gasteiger partial charge on any atom is -0.309 e. The molecular formula is C49H28N4S. The molecule has 0 atom stereocenters. The third kappa shape index (κ3) is 4.21. The van der Waals surface area contributed by atoms with Gasteiger partial charge in [-0.25, -0.2) is 15.0 Å². The predicted octanol–water partition coefficient (Wildman–Crippen LogP) is 13.1. The van der Waals surface area contributed by atoms with E-state index in [9.17, 15) is 0 Å². The van der Waals surface area contributed by atoms with Gasteiger partial charge in [-0.1, -0.05) is 133 Å². The topological polar surface area (TPSA) is 43.6 Å². The molecule has 0 saturated heterocycles. The lowest BCUT2D eigenvalue weighted by molar-refractivity contribution is 1.08. The summed E-state index contributed by atoms with van der Waals surface area (Å²) < 4.78 is 4.82. The van der Waals surface area contributed by atoms with E-state index in [1.165, 1.54) is 64.0 Å². The zero-order chi connectivity index (χ0) is 35.3. The van der Waals surface area contributed by atoms with Gasteiger partial charge >= 0.3 is 0 Å². The molecule has 5 heteroatoms. The second-order valence-corrected chi connectivity index (χ2v) is 15.0. The summed E-state index contributed by atoms with van der Waals surface area (Å²) in [6, 6.07) is 60.5. The Labute approximate surface area is 314 Å². The Hall–Kier alpha value is -6.95. The highest BCUT2D eigenvalue weighted by molar-refractivity contribution is 7.26. The van der Waals surface area contributed by atoms with Crippen molar-refractivity contribution < 1.29 is 0 Å². The first kappa shape index (κ1) is 29.6. The van der Waals surface area contributed by atoms with E-state index in [4.69, 9.17) is 15.0 Å². The first-order valence-corrected chi connectivity index (χ1v) is 19.0. The molecule has 0 saturated carbocycles. The van der Waals surface area contributed by atoms with E-state index in [-0.39, 0.29) is 0 Å². The molecule has 0 unspecified atom stereocenters. The van der Waals surface area contributed by atoms with Gasteiger partial charge in [0.15, 0.2) is 17.5 Å². The van der Waals surface area contributed by atoms with Gasteiger partial charge in [0.25, 0.3) is 0 Å². The molecule has 12 rings (SSSR count). The Morgan fingerprint density at radius 1 is 0.389 bits per heavy atom. The van der Waals surface area contributed by atoms with Crippen LogP contribution >= 0.6 is 11.3 Å². The van der Waals surface area contributed by atoms with Gasteiger partial charge in [0.05, 0.1) is 11.0 Å². The molecule has 250 valence electrons. The molecule has 0 spiro atoms. The minimum absolute atomic E-state index is 0.643. The van der Waals surface area contributed by atoms with Crippen molar-refractivity contribution in [3.63, 3.8) is 0 Å². The van der Waals surface area contributed by atoms with Crippen LogP contribution in [0.3, 0.4) is 0 Å². The Bertz CT molecular complexity index is 3320. The maximum Gasteiger partial charge on any atom is 0.165 e. The van der Waals surface area contributed by atoms with E-state index in [0.717, 1.165) is 33.4 Å². The molecule has 3 aromatic heterocycles. The molecule has 0 radical (unpaired) electrons. The van der Waals surface area contributed by atoms with Crippen molar-refractivity contribution in [3.05, 3.63) is 170 Å². The van der Waals surface area contributed by atoms with E-state index in [2.05, 4.69) is 156 Å². The second kappa shape index (κ2) is 11.3. The lowest BCUT2D eigenvalue weighted by Crippen LogP contribution is -2.02. The van der Waals surface area contributed by atoms with Crippen molar-refractivity contribution in [3.8, 4) is 62.1 Å². The molecule has 0 N–H and O–H groups in total. The van der Waals surface area contributed by atoms with Gasteiger partial charge in [-0.2, -0.15) is 0 Å². The minimum atomic E-state index is 0.643. The van der Waals surface area contributed by atoms with Gasteiger partial charge in [0.1, 0.15) is 0 Å².